The lowest BCUT2D eigenvalue weighted by molar-refractivity contribution is -0.193. The van der Waals surface area contributed by atoms with E-state index in [1.54, 1.807) is 36.9 Å². The molecule has 86 heavy (non-hydrogen) atoms. The summed E-state index contributed by atoms with van der Waals surface area (Å²) in [5, 5.41) is 66.4. The van der Waals surface area contributed by atoms with Crippen molar-refractivity contribution in [2.24, 2.45) is 29.6 Å². The summed E-state index contributed by atoms with van der Waals surface area (Å²) in [6.45, 7) is 1.02. The maximum atomic E-state index is 12.6. The van der Waals surface area contributed by atoms with Crippen LogP contribution < -0.4 is 15.4 Å². The van der Waals surface area contributed by atoms with Gasteiger partial charge in [-0.1, -0.05) is 91.8 Å². The van der Waals surface area contributed by atoms with E-state index in [1.807, 2.05) is 18.2 Å². The van der Waals surface area contributed by atoms with Crippen LogP contribution in [0.3, 0.4) is 0 Å². The third kappa shape index (κ3) is 9.76. The van der Waals surface area contributed by atoms with Crippen LogP contribution in [0.1, 0.15) is 138 Å². The van der Waals surface area contributed by atoms with Crippen molar-refractivity contribution < 1.29 is 44.5 Å². The Hall–Kier alpha value is -6.82. The number of phenolic OH excluding ortho intramolecular Hbond substituents is 3. The molecule has 11 aliphatic rings. The number of nitrogens with one attached hydrogen (secondary N) is 2. The Balaban J connectivity index is 0.904. The standard InChI is InChI=1S/C74H81N3O9/c1-83-43-75-68-36-51-17-14-44(11-12-45-15-24-62(80)52(29-45)30-46-7-5-10-58(79)31-46)13-16-47-20-25-65-69(51)72(76-68)77-38-53-32-57(74-56-22-18-48-8-6-9-49(70(48)74)21-26-67(74)73(85-42-56)27-3-2-4-28-73)33-55(61(53)39-77)41-84-71-59-23-19-50(63(81)37-66(47)86-65)34-60(59)54(40-78)35-64(71)82/h5-10,15,20,24-25,29,31-33,35-36,38-39,44,47,50,56,63,65-68,75-76,78-82H,2-4,11-13,16,18-19,21-23,26-28,30,34,37,40-43H2,1H3. The van der Waals surface area contributed by atoms with Crippen LogP contribution >= 0.6 is 0 Å². The van der Waals surface area contributed by atoms with Crippen molar-refractivity contribution in [2.45, 2.75) is 164 Å². The number of hydrogen-bond donors (Lipinski definition) is 7. The quantitative estimate of drug-likeness (QED) is 0.0396. The first-order valence-corrected chi connectivity index (χ1v) is 32.1. The molecule has 7 heterocycles. The van der Waals surface area contributed by atoms with Gasteiger partial charge in [0.25, 0.3) is 0 Å². The third-order valence-corrected chi connectivity index (χ3v) is 21.9. The molecule has 12 heteroatoms. The van der Waals surface area contributed by atoms with E-state index in [0.29, 0.717) is 62.0 Å². The minimum atomic E-state index is -0.701. The number of aromatic nitrogens is 1. The normalized spacial score (nSPS) is 28.6. The Bertz CT molecular complexity index is 3770. The van der Waals surface area contributed by atoms with Gasteiger partial charge in [-0.2, -0.15) is 0 Å². The van der Waals surface area contributed by atoms with Gasteiger partial charge in [-0.05, 0) is 187 Å². The summed E-state index contributed by atoms with van der Waals surface area (Å²) in [4.78, 5) is 0. The SMILES string of the molecule is COCNC1C=C2C#CC(CCc3ccc(O)c(Cc4cccc(O)c4)c3)CCC3C=CC4OC3CC(O)C3CCc5c(c(CO)cc(O)c5OCc5cc(C67c8c9cccc8CCC6C6(CCCCC6)OCC7CC9)cc6cn(cc56)C(=C24)N1)C3. The van der Waals surface area contributed by atoms with E-state index in [-0.39, 0.29) is 71.5 Å². The summed E-state index contributed by atoms with van der Waals surface area (Å²) in [6.07, 6.45) is 25.4. The van der Waals surface area contributed by atoms with E-state index < -0.39 is 12.2 Å². The largest absolute Gasteiger partial charge is 0.508 e. The first-order valence-electron chi connectivity index (χ1n) is 32.1. The van der Waals surface area contributed by atoms with Crippen LogP contribution in [0.2, 0.25) is 0 Å². The van der Waals surface area contributed by atoms with Crippen molar-refractivity contribution in [3.05, 3.63) is 182 Å². The molecule has 10 atom stereocenters. The monoisotopic (exact) mass is 1160 g/mol. The smallest absolute Gasteiger partial charge is 0.164 e. The van der Waals surface area contributed by atoms with Gasteiger partial charge in [0.2, 0.25) is 0 Å². The molecular formula is C74H81N3O9. The van der Waals surface area contributed by atoms with Crippen LogP contribution in [-0.4, -0.2) is 80.6 Å². The van der Waals surface area contributed by atoms with Crippen molar-refractivity contribution in [1.29, 1.82) is 0 Å². The topological polar surface area (TPSA) is 167 Å². The van der Waals surface area contributed by atoms with E-state index >= 15 is 0 Å². The summed E-state index contributed by atoms with van der Waals surface area (Å²) in [6, 6.07) is 26.9. The minimum absolute atomic E-state index is 0.0108. The Morgan fingerprint density at radius 3 is 2.53 bits per heavy atom. The number of aliphatic hydroxyl groups excluding tert-OH is 2. The highest BCUT2D eigenvalue weighted by Gasteiger charge is 2.63. The first-order chi connectivity index (χ1) is 42.0. The van der Waals surface area contributed by atoms with Crippen molar-refractivity contribution in [1.82, 2.24) is 15.2 Å². The Morgan fingerprint density at radius 1 is 0.826 bits per heavy atom. The highest BCUT2D eigenvalue weighted by molar-refractivity contribution is 5.89. The van der Waals surface area contributed by atoms with Gasteiger partial charge >= 0.3 is 0 Å². The maximum absolute atomic E-state index is 12.6. The van der Waals surface area contributed by atoms with Crippen LogP contribution in [0.25, 0.3) is 16.6 Å². The average Bonchev–Trinajstić information content (AvgIpc) is 0.765. The minimum Gasteiger partial charge on any atom is -0.508 e. The molecule has 10 unspecified atom stereocenters. The molecule has 6 aromatic rings. The van der Waals surface area contributed by atoms with E-state index in [1.165, 1.54) is 36.0 Å². The fourth-order valence-corrected chi connectivity index (χ4v) is 17.8. The summed E-state index contributed by atoms with van der Waals surface area (Å²) in [5.41, 5.74) is 13.6. The third-order valence-electron chi connectivity index (χ3n) is 21.9. The highest BCUT2D eigenvalue weighted by atomic mass is 16.5. The fourth-order valence-electron chi connectivity index (χ4n) is 17.8. The molecule has 17 rings (SSSR count). The molecule has 1 saturated heterocycles. The van der Waals surface area contributed by atoms with E-state index in [0.717, 1.165) is 132 Å². The number of rotatable bonds is 10. The zero-order valence-corrected chi connectivity index (χ0v) is 49.5. The van der Waals surface area contributed by atoms with Gasteiger partial charge in [-0.15, -0.1) is 0 Å². The number of benzene rings is 5. The summed E-state index contributed by atoms with van der Waals surface area (Å²) in [7, 11) is 1.70. The van der Waals surface area contributed by atoms with Crippen LogP contribution in [0.15, 0.2) is 121 Å². The van der Waals surface area contributed by atoms with Gasteiger partial charge in [0.1, 0.15) is 36.2 Å². The predicted molar refractivity (Wildman–Crippen MR) is 331 cm³/mol. The number of dihydropyridines is 1. The molecule has 446 valence electrons. The number of fused-ring (bicyclic) bond motifs is 7. The predicted octanol–water partition coefficient (Wildman–Crippen LogP) is 11.6. The molecule has 7 N–H and O–H groups in total. The second-order valence-electron chi connectivity index (χ2n) is 26.6. The average molecular weight is 1160 g/mol. The number of aliphatic hydroxyl groups is 2. The molecule has 10 bridgehead atoms. The number of aryl methyl sites for hydroxylation is 3. The fraction of sp³-hybridized carbons (Fsp3) is 0.459. The van der Waals surface area contributed by atoms with Gasteiger partial charge in [-0.25, -0.2) is 0 Å². The molecule has 0 radical (unpaired) electrons. The number of aromatic hydroxyl groups is 3. The molecule has 12 nitrogen and oxygen atoms in total. The molecule has 1 saturated carbocycles. The number of phenols is 3. The zero-order chi connectivity index (χ0) is 58.3. The number of nitrogens with zero attached hydrogens (tertiary/aromatic N) is 1. The second-order valence-corrected chi connectivity index (χ2v) is 26.6. The lowest BCUT2D eigenvalue weighted by Gasteiger charge is -2.63. The summed E-state index contributed by atoms with van der Waals surface area (Å²) >= 11 is 0. The van der Waals surface area contributed by atoms with Crippen LogP contribution in [0.5, 0.6) is 23.0 Å². The molecular weight excluding hydrogens is 1070 g/mol. The van der Waals surface area contributed by atoms with E-state index in [2.05, 4.69) is 94.1 Å². The maximum Gasteiger partial charge on any atom is 0.164 e. The van der Waals surface area contributed by atoms with E-state index in [9.17, 15) is 25.5 Å². The molecule has 6 aliphatic heterocycles. The van der Waals surface area contributed by atoms with Crippen molar-refractivity contribution in [3.8, 4) is 34.8 Å². The van der Waals surface area contributed by atoms with Crippen LogP contribution in [0, 0.1) is 41.4 Å². The summed E-state index contributed by atoms with van der Waals surface area (Å²) < 4.78 is 29.9. The number of ether oxygens (including phenoxy) is 4. The molecule has 1 aromatic heterocycles. The van der Waals surface area contributed by atoms with E-state index in [4.69, 9.17) is 18.9 Å². The molecule has 0 amide bonds. The molecule has 2 fully saturated rings. The van der Waals surface area contributed by atoms with Gasteiger partial charge in [0, 0.05) is 83.0 Å². The Morgan fingerprint density at radius 2 is 1.69 bits per heavy atom. The van der Waals surface area contributed by atoms with Crippen molar-refractivity contribution >= 4 is 16.6 Å². The Kier molecular flexibility index (Phi) is 14.7. The second kappa shape index (κ2) is 22.7. The number of methoxy groups -OCH3 is 1. The zero-order valence-electron chi connectivity index (χ0n) is 49.5. The molecule has 5 aliphatic carbocycles. The van der Waals surface area contributed by atoms with Crippen molar-refractivity contribution in [2.75, 3.05) is 20.4 Å². The van der Waals surface area contributed by atoms with Crippen molar-refractivity contribution in [3.63, 3.8) is 0 Å². The Labute approximate surface area is 504 Å². The van der Waals surface area contributed by atoms with Gasteiger partial charge in [-0.3, -0.25) is 5.32 Å². The molecule has 1 spiro atoms. The first kappa shape index (κ1) is 55.7. The lowest BCUT2D eigenvalue weighted by atomic mass is 9.45. The highest BCUT2D eigenvalue weighted by Crippen LogP contribution is 2.64. The van der Waals surface area contributed by atoms with Crippen LogP contribution in [0.4, 0.5) is 0 Å². The van der Waals surface area contributed by atoms with Gasteiger partial charge in [0.05, 0.1) is 37.8 Å². The van der Waals surface area contributed by atoms with Gasteiger partial charge < -0.3 is 54.4 Å². The van der Waals surface area contributed by atoms with Crippen LogP contribution in [-0.2, 0) is 71.4 Å². The number of hydrogen-bond acceptors (Lipinski definition) is 11. The summed E-state index contributed by atoms with van der Waals surface area (Å²) in [5.74, 6) is 9.95. The lowest BCUT2D eigenvalue weighted by Crippen LogP contribution is -2.64. The van der Waals surface area contributed by atoms with Gasteiger partial charge in [0.15, 0.2) is 11.5 Å². The molecule has 5 aromatic carbocycles.